The van der Waals surface area contributed by atoms with E-state index in [0.29, 0.717) is 29.0 Å². The summed E-state index contributed by atoms with van der Waals surface area (Å²) in [7, 11) is 0. The van der Waals surface area contributed by atoms with Crippen LogP contribution in [0.3, 0.4) is 0 Å². The van der Waals surface area contributed by atoms with Gasteiger partial charge >= 0.3 is 5.97 Å². The summed E-state index contributed by atoms with van der Waals surface area (Å²) in [6, 6.07) is 4.23. The van der Waals surface area contributed by atoms with Gasteiger partial charge in [-0.1, -0.05) is 13.8 Å². The average Bonchev–Trinajstić information content (AvgIpc) is 3.07. The van der Waals surface area contributed by atoms with Crippen molar-refractivity contribution in [1.82, 2.24) is 19.9 Å². The molecule has 7 nitrogen and oxygen atoms in total. The molecule has 8 heteroatoms. The SMILES string of the molecule is CCOC(=O)C1=CN(C(=O)c2ccc(F)c(C)c2)CC(C)(C)c2c1[nH]c1ncncc21. The van der Waals surface area contributed by atoms with E-state index < -0.39 is 11.4 Å². The van der Waals surface area contributed by atoms with Crippen LogP contribution in [-0.4, -0.2) is 44.9 Å². The standard InChI is InChI=1S/C23H23FN4O3/c1-5-31-22(30)16-10-28(21(29)14-6-7-17(24)13(2)8-14)11-23(3,4)18-15-9-25-12-26-20(15)27-19(16)18/h6-10,12H,5,11H2,1-4H3,(H,25,26,27). The van der Waals surface area contributed by atoms with Gasteiger partial charge in [0, 0.05) is 35.3 Å². The molecule has 1 aliphatic heterocycles. The molecule has 31 heavy (non-hydrogen) atoms. The Morgan fingerprint density at radius 3 is 2.81 bits per heavy atom. The Morgan fingerprint density at radius 2 is 2.10 bits per heavy atom. The van der Waals surface area contributed by atoms with Crippen LogP contribution in [0.4, 0.5) is 4.39 Å². The number of ether oxygens (including phenoxy) is 1. The number of H-pyrrole nitrogens is 1. The van der Waals surface area contributed by atoms with Crippen LogP contribution in [0.2, 0.25) is 0 Å². The second kappa shape index (κ2) is 7.61. The molecule has 2 aromatic heterocycles. The normalized spacial score (nSPS) is 15.3. The summed E-state index contributed by atoms with van der Waals surface area (Å²) in [6.45, 7) is 7.80. The highest BCUT2D eigenvalue weighted by Gasteiger charge is 2.37. The Balaban J connectivity index is 1.89. The highest BCUT2D eigenvalue weighted by molar-refractivity contribution is 6.18. The maximum absolute atomic E-state index is 13.7. The van der Waals surface area contributed by atoms with Crippen molar-refractivity contribution < 1.29 is 18.7 Å². The van der Waals surface area contributed by atoms with Crippen molar-refractivity contribution in [2.24, 2.45) is 0 Å². The van der Waals surface area contributed by atoms with Crippen molar-refractivity contribution in [3.63, 3.8) is 0 Å². The lowest BCUT2D eigenvalue weighted by Crippen LogP contribution is -2.37. The van der Waals surface area contributed by atoms with E-state index in [1.54, 1.807) is 20.0 Å². The lowest BCUT2D eigenvalue weighted by Gasteiger charge is -2.29. The molecule has 1 aliphatic rings. The molecule has 0 radical (unpaired) electrons. The van der Waals surface area contributed by atoms with Gasteiger partial charge in [-0.05, 0) is 43.2 Å². The van der Waals surface area contributed by atoms with E-state index in [1.807, 2.05) is 13.8 Å². The molecule has 1 aromatic carbocycles. The molecule has 0 aliphatic carbocycles. The third-order valence-electron chi connectivity index (χ3n) is 5.43. The number of rotatable bonds is 3. The number of halogens is 1. The number of aromatic amines is 1. The molecule has 0 atom stereocenters. The first kappa shape index (κ1) is 20.7. The van der Waals surface area contributed by atoms with Gasteiger partial charge in [-0.3, -0.25) is 4.79 Å². The molecule has 160 valence electrons. The summed E-state index contributed by atoms with van der Waals surface area (Å²) in [6.07, 6.45) is 4.64. The van der Waals surface area contributed by atoms with E-state index in [-0.39, 0.29) is 23.9 Å². The highest BCUT2D eigenvalue weighted by Crippen LogP contribution is 2.39. The largest absolute Gasteiger partial charge is 0.462 e. The topological polar surface area (TPSA) is 88.2 Å². The fourth-order valence-corrected chi connectivity index (χ4v) is 4.04. The Hall–Kier alpha value is -3.55. The zero-order chi connectivity index (χ0) is 22.3. The van der Waals surface area contributed by atoms with Gasteiger partial charge < -0.3 is 14.6 Å². The zero-order valence-corrected chi connectivity index (χ0v) is 17.8. The number of aromatic nitrogens is 3. The molecule has 0 bridgehead atoms. The predicted molar refractivity (Wildman–Crippen MR) is 114 cm³/mol. The fourth-order valence-electron chi connectivity index (χ4n) is 4.04. The van der Waals surface area contributed by atoms with Crippen LogP contribution in [0.25, 0.3) is 16.6 Å². The van der Waals surface area contributed by atoms with Crippen LogP contribution in [0.15, 0.2) is 36.9 Å². The first-order valence-electron chi connectivity index (χ1n) is 10.0. The van der Waals surface area contributed by atoms with Crippen molar-refractivity contribution in [1.29, 1.82) is 0 Å². The van der Waals surface area contributed by atoms with Gasteiger partial charge in [-0.2, -0.15) is 0 Å². The number of fused-ring (bicyclic) bond motifs is 3. The molecule has 3 heterocycles. The van der Waals surface area contributed by atoms with Gasteiger partial charge in [0.05, 0.1) is 17.9 Å². The van der Waals surface area contributed by atoms with Crippen LogP contribution in [0, 0.1) is 12.7 Å². The predicted octanol–water partition coefficient (Wildman–Crippen LogP) is 3.74. The van der Waals surface area contributed by atoms with E-state index in [9.17, 15) is 14.0 Å². The molecule has 4 rings (SSSR count). The molecular formula is C23H23FN4O3. The molecule has 3 aromatic rings. The van der Waals surface area contributed by atoms with Gasteiger partial charge in [0.25, 0.3) is 5.91 Å². The molecule has 0 saturated heterocycles. The Morgan fingerprint density at radius 1 is 1.32 bits per heavy atom. The van der Waals surface area contributed by atoms with E-state index in [2.05, 4.69) is 15.0 Å². The quantitative estimate of drug-likeness (QED) is 0.650. The lowest BCUT2D eigenvalue weighted by atomic mass is 9.82. The van der Waals surface area contributed by atoms with Gasteiger partial charge in [0.15, 0.2) is 0 Å². The van der Waals surface area contributed by atoms with Gasteiger partial charge in [-0.25, -0.2) is 19.2 Å². The second-order valence-corrected chi connectivity index (χ2v) is 8.20. The van der Waals surface area contributed by atoms with Gasteiger partial charge in [-0.15, -0.1) is 0 Å². The number of carbonyl (C=O) groups excluding carboxylic acids is 2. The minimum Gasteiger partial charge on any atom is -0.462 e. The van der Waals surface area contributed by atoms with E-state index in [1.165, 1.54) is 35.6 Å². The molecule has 0 spiro atoms. The third kappa shape index (κ3) is 3.58. The fraction of sp³-hybridized carbons (Fsp3) is 0.304. The maximum Gasteiger partial charge on any atom is 0.341 e. The summed E-state index contributed by atoms with van der Waals surface area (Å²) in [5.41, 5.74) is 2.41. The van der Waals surface area contributed by atoms with Crippen LogP contribution < -0.4 is 0 Å². The molecule has 0 fully saturated rings. The van der Waals surface area contributed by atoms with Crippen LogP contribution in [0.1, 0.15) is 48.0 Å². The Labute approximate surface area is 178 Å². The molecule has 1 N–H and O–H groups in total. The van der Waals surface area contributed by atoms with Crippen LogP contribution in [0.5, 0.6) is 0 Å². The smallest absolute Gasteiger partial charge is 0.341 e. The first-order chi connectivity index (χ1) is 14.7. The van der Waals surface area contributed by atoms with E-state index >= 15 is 0 Å². The van der Waals surface area contributed by atoms with Crippen molar-refractivity contribution >= 4 is 28.5 Å². The van der Waals surface area contributed by atoms with Gasteiger partial charge in [0.2, 0.25) is 0 Å². The molecule has 1 amide bonds. The minimum absolute atomic E-state index is 0.194. The number of nitrogens with one attached hydrogen (secondary N) is 1. The summed E-state index contributed by atoms with van der Waals surface area (Å²) in [4.78, 5) is 39.3. The van der Waals surface area contributed by atoms with Crippen LogP contribution in [-0.2, 0) is 14.9 Å². The average molecular weight is 422 g/mol. The van der Waals surface area contributed by atoms with E-state index in [0.717, 1.165) is 10.9 Å². The second-order valence-electron chi connectivity index (χ2n) is 8.20. The molecule has 0 unspecified atom stereocenters. The van der Waals surface area contributed by atoms with Crippen molar-refractivity contribution in [3.05, 3.63) is 65.1 Å². The number of benzene rings is 1. The maximum atomic E-state index is 13.7. The number of aryl methyl sites for hydroxylation is 1. The summed E-state index contributed by atoms with van der Waals surface area (Å²) in [5, 5.41) is 0.782. The third-order valence-corrected chi connectivity index (χ3v) is 5.43. The van der Waals surface area contributed by atoms with Crippen molar-refractivity contribution in [2.75, 3.05) is 13.2 Å². The number of hydrogen-bond donors (Lipinski definition) is 1. The Bertz CT molecular complexity index is 1230. The Kier molecular flexibility index (Phi) is 5.08. The lowest BCUT2D eigenvalue weighted by molar-refractivity contribution is -0.136. The van der Waals surface area contributed by atoms with E-state index in [4.69, 9.17) is 4.74 Å². The van der Waals surface area contributed by atoms with Gasteiger partial charge in [0.1, 0.15) is 17.8 Å². The van der Waals surface area contributed by atoms with Crippen molar-refractivity contribution in [2.45, 2.75) is 33.1 Å². The minimum atomic E-state index is -0.548. The zero-order valence-electron chi connectivity index (χ0n) is 17.8. The van der Waals surface area contributed by atoms with Crippen molar-refractivity contribution in [3.8, 4) is 0 Å². The highest BCUT2D eigenvalue weighted by atomic mass is 19.1. The monoisotopic (exact) mass is 422 g/mol. The van der Waals surface area contributed by atoms with Crippen LogP contribution >= 0.6 is 0 Å². The number of amides is 1. The number of esters is 1. The number of carbonyl (C=O) groups is 2. The summed E-state index contributed by atoms with van der Waals surface area (Å²) < 4.78 is 19.0. The number of nitrogens with zero attached hydrogens (tertiary/aromatic N) is 3. The number of hydrogen-bond acceptors (Lipinski definition) is 5. The first-order valence-corrected chi connectivity index (χ1v) is 10.0. The summed E-state index contributed by atoms with van der Waals surface area (Å²) in [5.74, 6) is -1.25. The molecular weight excluding hydrogens is 399 g/mol. The molecule has 0 saturated carbocycles. The summed E-state index contributed by atoms with van der Waals surface area (Å²) >= 11 is 0.